The number of aliphatic hydroxyl groups excluding tert-OH is 2. The third-order valence-corrected chi connectivity index (χ3v) is 15.6. The van der Waals surface area contributed by atoms with Gasteiger partial charge in [-0.15, -0.1) is 5.10 Å². The maximum Gasteiger partial charge on any atom is 0.315 e. The summed E-state index contributed by atoms with van der Waals surface area (Å²) in [7, 11) is 0. The number of hydrogen-bond acceptors (Lipinski definition) is 19. The van der Waals surface area contributed by atoms with Crippen LogP contribution in [-0.4, -0.2) is 214 Å². The van der Waals surface area contributed by atoms with E-state index in [0.29, 0.717) is 101 Å². The molecule has 2 aromatic heterocycles. The Morgan fingerprint density at radius 2 is 1.55 bits per heavy atom. The minimum absolute atomic E-state index is 0.00878. The van der Waals surface area contributed by atoms with Gasteiger partial charge in [-0.25, -0.2) is 9.78 Å². The number of ether oxygens (including phenoxy) is 3. The number of nitrogens with one attached hydrogen (secondary N) is 11. The number of aromatic nitrogens is 5. The standard InChI is InChI=1S/C53H90N16O13S/c1-32(2)23-38-50(76)63-40(29-70)49(75)58-27-44(72)60-37(48(74)57-15-10-18-81-20-22-82-21-19-80-17-9-14-56-43(71)13-6-5-12-42-46-41(30-83-42)64-53(79)66-46)11-7-8-16-69-28-35(67-68-69)24-36(54)47(73)65-45(33(3)4)52(78)62-39(51(77)61-38)25-34-26-55-31-59-34/h26,28,31-33,36-42,45-46,50,63,70,76H,5-25,27,29-30,54H2,1-4H3,(H,55,59)(H,56,71)(H,57,74)(H,58,75)(H,60,72)(H,61,77)(H,62,78)(H,65,73)(H2,64,66,79)/t36-,37-,38-,39-,40-,41+,42+,45-,46+,50?/m0/s1. The number of carbonyl (C=O) groups excluding carboxylic acids is 8. The summed E-state index contributed by atoms with van der Waals surface area (Å²) in [5.41, 5.74) is 7.24. The Morgan fingerprint density at radius 1 is 0.831 bits per heavy atom. The van der Waals surface area contributed by atoms with Crippen LogP contribution in [-0.2, 0) is 67.2 Å². The minimum Gasteiger partial charge on any atom is -0.394 e. The highest BCUT2D eigenvalue weighted by molar-refractivity contribution is 8.00. The van der Waals surface area contributed by atoms with Gasteiger partial charge in [-0.3, -0.25) is 43.6 Å². The molecule has 30 heteroatoms. The van der Waals surface area contributed by atoms with Crippen LogP contribution >= 0.6 is 11.8 Å². The number of rotatable bonds is 26. The Kier molecular flexibility index (Phi) is 29.9. The first-order chi connectivity index (χ1) is 39.9. The number of urea groups is 1. The van der Waals surface area contributed by atoms with Crippen LogP contribution in [0, 0.1) is 11.8 Å². The Morgan fingerprint density at radius 3 is 2.24 bits per heavy atom. The molecule has 0 saturated carbocycles. The number of aromatic amines is 1. The molecule has 0 spiro atoms. The van der Waals surface area contributed by atoms with Crippen molar-refractivity contribution >= 4 is 59.1 Å². The van der Waals surface area contributed by atoms with Crippen LogP contribution in [0.15, 0.2) is 18.7 Å². The first-order valence-corrected chi connectivity index (χ1v) is 30.1. The van der Waals surface area contributed by atoms with Gasteiger partial charge >= 0.3 is 6.03 Å². The van der Waals surface area contributed by atoms with Gasteiger partial charge < -0.3 is 83.0 Å². The third kappa shape index (κ3) is 24.6. The number of nitrogens with zero attached hydrogens (tertiary/aromatic N) is 4. The number of hydrogen-bond donors (Lipinski definition) is 14. The summed E-state index contributed by atoms with van der Waals surface area (Å²) in [4.78, 5) is 112. The van der Waals surface area contributed by atoms with Crippen molar-refractivity contribution in [3.05, 3.63) is 30.1 Å². The zero-order valence-corrected chi connectivity index (χ0v) is 49.1. The Balaban J connectivity index is 1.05. The van der Waals surface area contributed by atoms with E-state index in [4.69, 9.17) is 19.9 Å². The van der Waals surface area contributed by atoms with E-state index >= 15 is 0 Å². The van der Waals surface area contributed by atoms with E-state index < -0.39 is 97.0 Å². The highest BCUT2D eigenvalue weighted by Gasteiger charge is 2.42. The van der Waals surface area contributed by atoms with E-state index in [0.717, 1.165) is 25.0 Å². The van der Waals surface area contributed by atoms with Crippen LogP contribution in [0.5, 0.6) is 0 Å². The highest BCUT2D eigenvalue weighted by atomic mass is 32.2. The average Bonchev–Trinajstić information content (AvgIpc) is 4.42. The fourth-order valence-corrected chi connectivity index (χ4v) is 11.1. The second kappa shape index (κ2) is 36.6. The number of amides is 9. The van der Waals surface area contributed by atoms with Gasteiger partial charge in [0.2, 0.25) is 41.4 Å². The summed E-state index contributed by atoms with van der Waals surface area (Å²) < 4.78 is 18.4. The smallest absolute Gasteiger partial charge is 0.315 e. The molecule has 0 aromatic carbocycles. The van der Waals surface area contributed by atoms with Crippen LogP contribution in [0.1, 0.15) is 103 Å². The molecule has 0 radical (unpaired) electrons. The molecule has 2 fully saturated rings. The van der Waals surface area contributed by atoms with Crippen molar-refractivity contribution in [2.75, 3.05) is 71.6 Å². The predicted octanol–water partition coefficient (Wildman–Crippen LogP) is -2.89. The summed E-state index contributed by atoms with van der Waals surface area (Å²) in [6.45, 7) is 9.11. The normalized spacial score (nSPS) is 25.5. The molecule has 2 aromatic rings. The van der Waals surface area contributed by atoms with E-state index in [1.807, 2.05) is 25.6 Å². The monoisotopic (exact) mass is 1190 g/mol. The topological polar surface area (TPSA) is 410 Å². The number of unbranched alkanes of at least 4 members (excludes halogenated alkanes) is 1. The second-order valence-electron chi connectivity index (χ2n) is 21.8. The molecule has 9 amide bonds. The highest BCUT2D eigenvalue weighted by Crippen LogP contribution is 2.33. The quantitative estimate of drug-likeness (QED) is 0.0332. The summed E-state index contributed by atoms with van der Waals surface area (Å²) in [5, 5.41) is 58.2. The number of thioether (sulfide) groups is 1. The predicted molar refractivity (Wildman–Crippen MR) is 305 cm³/mol. The van der Waals surface area contributed by atoms with Crippen molar-refractivity contribution in [3.8, 4) is 0 Å². The van der Waals surface area contributed by atoms with Gasteiger partial charge in [0, 0.05) is 81.2 Å². The number of aliphatic hydroxyl groups is 2. The van der Waals surface area contributed by atoms with Gasteiger partial charge in [0.05, 0.1) is 75.8 Å². The number of nitrogens with two attached hydrogens (primary N) is 1. The molecule has 10 atom stereocenters. The first kappa shape index (κ1) is 67.8. The van der Waals surface area contributed by atoms with Crippen LogP contribution in [0.25, 0.3) is 0 Å². The first-order valence-electron chi connectivity index (χ1n) is 29.0. The summed E-state index contributed by atoms with van der Waals surface area (Å²) in [5.74, 6) is -3.62. The fraction of sp³-hybridized carbons (Fsp3) is 0.755. The largest absolute Gasteiger partial charge is 0.394 e. The molecule has 5 rings (SSSR count). The molecule has 83 heavy (non-hydrogen) atoms. The van der Waals surface area contributed by atoms with Crippen molar-refractivity contribution in [1.82, 2.24) is 78.1 Å². The van der Waals surface area contributed by atoms with Crippen molar-refractivity contribution in [1.29, 1.82) is 0 Å². The number of fused-ring (bicyclic) bond motifs is 3. The van der Waals surface area contributed by atoms with Gasteiger partial charge in [-0.05, 0) is 63.2 Å². The van der Waals surface area contributed by atoms with Crippen LogP contribution in [0.4, 0.5) is 4.79 Å². The van der Waals surface area contributed by atoms with Gasteiger partial charge in [-0.2, -0.15) is 11.8 Å². The van der Waals surface area contributed by atoms with Gasteiger partial charge in [0.25, 0.3) is 0 Å². The fourth-order valence-electron chi connectivity index (χ4n) is 9.58. The van der Waals surface area contributed by atoms with Gasteiger partial charge in [0.1, 0.15) is 30.4 Å². The van der Waals surface area contributed by atoms with E-state index in [9.17, 15) is 48.6 Å². The second-order valence-corrected chi connectivity index (χ2v) is 23.1. The molecule has 0 aliphatic carbocycles. The Bertz CT molecular complexity index is 2330. The number of carbonyl (C=O) groups is 8. The Labute approximate surface area is 488 Å². The Hall–Kier alpha value is -6.02. The van der Waals surface area contributed by atoms with Crippen molar-refractivity contribution < 1.29 is 62.8 Å². The molecule has 15 N–H and O–H groups in total. The number of imidazole rings is 1. The van der Waals surface area contributed by atoms with E-state index in [1.165, 1.54) is 12.5 Å². The lowest BCUT2D eigenvalue weighted by Crippen LogP contribution is -2.61. The van der Waals surface area contributed by atoms with Crippen LogP contribution in [0.3, 0.4) is 0 Å². The summed E-state index contributed by atoms with van der Waals surface area (Å²) in [6, 6.07) is -6.70. The summed E-state index contributed by atoms with van der Waals surface area (Å²) in [6.07, 6.45) is 8.52. The van der Waals surface area contributed by atoms with Gasteiger partial charge in [0.15, 0.2) is 0 Å². The SMILES string of the molecule is CC(C)C[C@@H]1NC(=O)[C@H](Cc2cnc[nH]2)NC(=O)[C@H](C(C)C)NC(=O)[C@@H](N)Cc2cn(nn2)CCCC[C@@H](C(=O)NCCCOCCOCCOCCCNC(=O)CCCC[C@H]2SC[C@H]3NC(=O)N[C@H]32)NC(=O)CNC(=O)[C@H](CO)NC1O. The van der Waals surface area contributed by atoms with Crippen LogP contribution in [0.2, 0.25) is 0 Å². The molecule has 2 bridgehead atoms. The molecule has 5 heterocycles. The molecule has 466 valence electrons. The maximum atomic E-state index is 14.1. The van der Waals surface area contributed by atoms with Crippen molar-refractivity contribution in [2.24, 2.45) is 17.6 Å². The minimum atomic E-state index is -1.61. The maximum absolute atomic E-state index is 14.1. The van der Waals surface area contributed by atoms with Crippen LogP contribution < -0.4 is 58.9 Å². The lowest BCUT2D eigenvalue weighted by atomic mass is 9.99. The van der Waals surface area contributed by atoms with Crippen molar-refractivity contribution in [2.45, 2.75) is 171 Å². The lowest BCUT2D eigenvalue weighted by molar-refractivity contribution is -0.134. The molecule has 3 aliphatic rings. The van der Waals surface area contributed by atoms with E-state index in [1.54, 1.807) is 24.7 Å². The zero-order chi connectivity index (χ0) is 60.1. The average molecular weight is 1190 g/mol. The van der Waals surface area contributed by atoms with E-state index in [-0.39, 0.29) is 62.2 Å². The third-order valence-electron chi connectivity index (χ3n) is 14.1. The molecule has 3 aliphatic heterocycles. The molecular formula is C53H90N16O13S. The number of aryl methyl sites for hydroxylation is 1. The number of H-pyrrole nitrogens is 1. The zero-order valence-electron chi connectivity index (χ0n) is 48.3. The molecule has 29 nitrogen and oxygen atoms in total. The molecular weight excluding hydrogens is 1100 g/mol. The molecule has 1 unspecified atom stereocenters. The summed E-state index contributed by atoms with van der Waals surface area (Å²) >= 11 is 1.88. The lowest BCUT2D eigenvalue weighted by Gasteiger charge is -2.31. The van der Waals surface area contributed by atoms with Gasteiger partial charge in [-0.1, -0.05) is 39.3 Å². The van der Waals surface area contributed by atoms with Crippen molar-refractivity contribution in [3.63, 3.8) is 0 Å². The van der Waals surface area contributed by atoms with E-state index in [2.05, 4.69) is 73.4 Å². The molecule has 2 saturated heterocycles.